The maximum Gasteiger partial charge on any atom is 0.253 e. The van der Waals surface area contributed by atoms with E-state index in [2.05, 4.69) is 5.32 Å². The summed E-state index contributed by atoms with van der Waals surface area (Å²) in [6, 6.07) is 10.3. The Kier molecular flexibility index (Phi) is 5.79. The van der Waals surface area contributed by atoms with Gasteiger partial charge in [-0.25, -0.2) is 4.39 Å². The Hall–Kier alpha value is -2.11. The second-order valence-corrected chi connectivity index (χ2v) is 6.99. The van der Waals surface area contributed by atoms with Gasteiger partial charge in [0.1, 0.15) is 5.82 Å². The monoisotopic (exact) mass is 394 g/mol. The van der Waals surface area contributed by atoms with Gasteiger partial charge in [-0.3, -0.25) is 9.59 Å². The first kappa shape index (κ1) is 18.7. The third kappa shape index (κ3) is 4.34. The second-order valence-electron chi connectivity index (χ2n) is 6.18. The largest absolute Gasteiger partial charge is 0.349 e. The number of nitrogens with zero attached hydrogens (tertiary/aromatic N) is 1. The van der Waals surface area contributed by atoms with Gasteiger partial charge in [0.25, 0.3) is 11.8 Å². The fourth-order valence-corrected chi connectivity index (χ4v) is 3.24. The predicted octanol–water partition coefficient (Wildman–Crippen LogP) is 4.17. The van der Waals surface area contributed by atoms with Gasteiger partial charge in [0.2, 0.25) is 0 Å². The summed E-state index contributed by atoms with van der Waals surface area (Å²) >= 11 is 11.8. The van der Waals surface area contributed by atoms with Crippen LogP contribution in [0.25, 0.3) is 0 Å². The molecule has 2 aromatic carbocycles. The molecule has 26 heavy (non-hydrogen) atoms. The van der Waals surface area contributed by atoms with Crippen LogP contribution in [0.5, 0.6) is 0 Å². The maximum absolute atomic E-state index is 13.2. The first-order valence-electron chi connectivity index (χ1n) is 8.25. The summed E-state index contributed by atoms with van der Waals surface area (Å²) < 4.78 is 13.2. The van der Waals surface area contributed by atoms with Crippen LogP contribution in [0.1, 0.15) is 33.6 Å². The Morgan fingerprint density at radius 2 is 1.73 bits per heavy atom. The molecule has 1 fully saturated rings. The van der Waals surface area contributed by atoms with E-state index in [-0.39, 0.29) is 17.9 Å². The summed E-state index contributed by atoms with van der Waals surface area (Å²) in [6.07, 6.45) is 1.27. The zero-order valence-corrected chi connectivity index (χ0v) is 15.4. The zero-order valence-electron chi connectivity index (χ0n) is 13.8. The number of likely N-dealkylation sites (tertiary alicyclic amines) is 1. The average Bonchev–Trinajstić information content (AvgIpc) is 2.64. The van der Waals surface area contributed by atoms with Crippen LogP contribution in [0.2, 0.25) is 10.0 Å². The number of carbonyl (C=O) groups excluding carboxylic acids is 2. The molecule has 0 saturated carbocycles. The van der Waals surface area contributed by atoms with Gasteiger partial charge in [-0.1, -0.05) is 29.3 Å². The fourth-order valence-electron chi connectivity index (χ4n) is 2.94. The molecule has 2 amide bonds. The van der Waals surface area contributed by atoms with Gasteiger partial charge < -0.3 is 10.2 Å². The minimum atomic E-state index is -0.445. The Morgan fingerprint density at radius 1 is 1.00 bits per heavy atom. The molecule has 0 radical (unpaired) electrons. The molecule has 0 spiro atoms. The van der Waals surface area contributed by atoms with E-state index in [0.29, 0.717) is 47.1 Å². The van der Waals surface area contributed by atoms with Crippen molar-refractivity contribution in [3.8, 4) is 0 Å². The topological polar surface area (TPSA) is 49.4 Å². The van der Waals surface area contributed by atoms with Gasteiger partial charge in [-0.15, -0.1) is 0 Å². The molecule has 1 aliphatic rings. The number of rotatable bonds is 3. The molecule has 1 saturated heterocycles. The van der Waals surface area contributed by atoms with Crippen molar-refractivity contribution < 1.29 is 14.0 Å². The summed E-state index contributed by atoms with van der Waals surface area (Å²) in [7, 11) is 0. The van der Waals surface area contributed by atoms with Crippen LogP contribution in [-0.4, -0.2) is 35.8 Å². The highest BCUT2D eigenvalue weighted by atomic mass is 35.5. The fraction of sp³-hybridized carbons (Fsp3) is 0.263. The molecule has 4 nitrogen and oxygen atoms in total. The molecule has 2 aromatic rings. The van der Waals surface area contributed by atoms with Gasteiger partial charge in [-0.05, 0) is 49.2 Å². The lowest BCUT2D eigenvalue weighted by atomic mass is 10.0. The van der Waals surface area contributed by atoms with Gasteiger partial charge in [0.15, 0.2) is 0 Å². The molecule has 1 heterocycles. The summed E-state index contributed by atoms with van der Waals surface area (Å²) in [5.74, 6) is -0.864. The molecule has 0 aromatic heterocycles. The van der Waals surface area contributed by atoms with Crippen LogP contribution in [0.15, 0.2) is 42.5 Å². The van der Waals surface area contributed by atoms with Crippen molar-refractivity contribution in [2.45, 2.75) is 18.9 Å². The van der Waals surface area contributed by atoms with Crippen LogP contribution in [-0.2, 0) is 0 Å². The standard InChI is InChI=1S/C19H17Cl2FN2O2/c20-16-5-4-13(11-17(16)21)19(26)24-8-6-15(7-9-24)23-18(25)12-2-1-3-14(22)10-12/h1-5,10-11,15H,6-9H2,(H,23,25). The minimum Gasteiger partial charge on any atom is -0.349 e. The number of amides is 2. The molecular weight excluding hydrogens is 378 g/mol. The summed E-state index contributed by atoms with van der Waals surface area (Å²) in [5, 5.41) is 3.64. The minimum absolute atomic E-state index is 0.0522. The lowest BCUT2D eigenvalue weighted by Crippen LogP contribution is -2.46. The molecule has 7 heteroatoms. The molecule has 136 valence electrons. The van der Waals surface area contributed by atoms with Gasteiger partial charge >= 0.3 is 0 Å². The Labute approximate surface area is 160 Å². The van der Waals surface area contributed by atoms with Crippen molar-refractivity contribution in [1.82, 2.24) is 10.2 Å². The molecule has 0 bridgehead atoms. The highest BCUT2D eigenvalue weighted by molar-refractivity contribution is 6.42. The number of benzene rings is 2. The Morgan fingerprint density at radius 3 is 2.38 bits per heavy atom. The normalized spacial score (nSPS) is 15.0. The summed E-state index contributed by atoms with van der Waals surface area (Å²) in [5.41, 5.74) is 0.779. The number of hydrogen-bond acceptors (Lipinski definition) is 2. The van der Waals surface area contributed by atoms with Crippen LogP contribution in [0, 0.1) is 5.82 Å². The van der Waals surface area contributed by atoms with Crippen molar-refractivity contribution >= 4 is 35.0 Å². The predicted molar refractivity (Wildman–Crippen MR) is 99.3 cm³/mol. The SMILES string of the molecule is O=C(NC1CCN(C(=O)c2ccc(Cl)c(Cl)c2)CC1)c1cccc(F)c1. The average molecular weight is 395 g/mol. The first-order chi connectivity index (χ1) is 12.4. The molecule has 1 aliphatic heterocycles. The molecule has 0 atom stereocenters. The highest BCUT2D eigenvalue weighted by Crippen LogP contribution is 2.24. The molecule has 0 unspecified atom stereocenters. The van der Waals surface area contributed by atoms with Crippen molar-refractivity contribution in [3.05, 3.63) is 69.5 Å². The van der Waals surface area contributed by atoms with Gasteiger partial charge in [0, 0.05) is 30.3 Å². The highest BCUT2D eigenvalue weighted by Gasteiger charge is 2.25. The first-order valence-corrected chi connectivity index (χ1v) is 9.00. The maximum atomic E-state index is 13.2. The summed E-state index contributed by atoms with van der Waals surface area (Å²) in [6.45, 7) is 1.04. The van der Waals surface area contributed by atoms with E-state index in [1.54, 1.807) is 29.2 Å². The lowest BCUT2D eigenvalue weighted by molar-refractivity contribution is 0.0698. The zero-order chi connectivity index (χ0) is 18.7. The van der Waals surface area contributed by atoms with E-state index in [0.717, 1.165) is 0 Å². The number of carbonyl (C=O) groups is 2. The van der Waals surface area contributed by atoms with Gasteiger partial charge in [-0.2, -0.15) is 0 Å². The van der Waals surface area contributed by atoms with E-state index < -0.39 is 5.82 Å². The van der Waals surface area contributed by atoms with Crippen molar-refractivity contribution in [1.29, 1.82) is 0 Å². The lowest BCUT2D eigenvalue weighted by Gasteiger charge is -2.32. The van der Waals surface area contributed by atoms with E-state index in [9.17, 15) is 14.0 Å². The van der Waals surface area contributed by atoms with Crippen molar-refractivity contribution in [2.24, 2.45) is 0 Å². The third-order valence-electron chi connectivity index (χ3n) is 4.37. The number of piperidine rings is 1. The van der Waals surface area contributed by atoms with E-state index >= 15 is 0 Å². The molecule has 1 N–H and O–H groups in total. The molecule has 0 aliphatic carbocycles. The number of nitrogens with one attached hydrogen (secondary N) is 1. The smallest absolute Gasteiger partial charge is 0.253 e. The quantitative estimate of drug-likeness (QED) is 0.848. The van der Waals surface area contributed by atoms with Crippen LogP contribution < -0.4 is 5.32 Å². The Bertz CT molecular complexity index is 836. The van der Waals surface area contributed by atoms with E-state index in [1.165, 1.54) is 18.2 Å². The van der Waals surface area contributed by atoms with Crippen molar-refractivity contribution in [3.63, 3.8) is 0 Å². The summed E-state index contributed by atoms with van der Waals surface area (Å²) in [4.78, 5) is 26.5. The third-order valence-corrected chi connectivity index (χ3v) is 5.11. The second kappa shape index (κ2) is 8.06. The van der Waals surface area contributed by atoms with Gasteiger partial charge in [0.05, 0.1) is 10.0 Å². The number of hydrogen-bond donors (Lipinski definition) is 1. The Balaban J connectivity index is 1.56. The van der Waals surface area contributed by atoms with E-state index in [4.69, 9.17) is 23.2 Å². The molecule has 3 rings (SSSR count). The van der Waals surface area contributed by atoms with Crippen molar-refractivity contribution in [2.75, 3.05) is 13.1 Å². The number of halogens is 3. The molecular formula is C19H17Cl2FN2O2. The van der Waals surface area contributed by atoms with Crippen LogP contribution in [0.4, 0.5) is 4.39 Å². The van der Waals surface area contributed by atoms with Crippen LogP contribution >= 0.6 is 23.2 Å². The van der Waals surface area contributed by atoms with E-state index in [1.807, 2.05) is 0 Å². The van der Waals surface area contributed by atoms with Crippen LogP contribution in [0.3, 0.4) is 0 Å².